The van der Waals surface area contributed by atoms with Crippen LogP contribution in [0, 0.1) is 17.8 Å². The molecule has 4 unspecified atom stereocenters. The minimum atomic E-state index is -2.78. The number of sulfone groups is 1. The maximum atomic E-state index is 11.8. The minimum Gasteiger partial charge on any atom is -0.317 e. The van der Waals surface area contributed by atoms with Gasteiger partial charge in [-0.3, -0.25) is 0 Å². The second kappa shape index (κ2) is 6.09. The molecule has 3 rings (SSSR count). The van der Waals surface area contributed by atoms with Crippen molar-refractivity contribution in [3.8, 4) is 0 Å². The minimum absolute atomic E-state index is 0.354. The molecule has 21 heavy (non-hydrogen) atoms. The van der Waals surface area contributed by atoms with E-state index in [4.69, 9.17) is 0 Å². The SMILES string of the molecule is CCNCC(C1CCS(=O)(=O)C1)C1CC1c1ccccc1. The summed E-state index contributed by atoms with van der Waals surface area (Å²) in [5, 5.41) is 3.45. The fraction of sp³-hybridized carbons (Fsp3) is 0.647. The van der Waals surface area contributed by atoms with Crippen molar-refractivity contribution in [3.63, 3.8) is 0 Å². The molecular formula is C17H25NO2S. The molecule has 1 saturated heterocycles. The van der Waals surface area contributed by atoms with Crippen LogP contribution in [0.15, 0.2) is 30.3 Å². The van der Waals surface area contributed by atoms with Gasteiger partial charge in [-0.15, -0.1) is 0 Å². The van der Waals surface area contributed by atoms with Crippen molar-refractivity contribution < 1.29 is 8.42 Å². The highest BCUT2D eigenvalue weighted by Crippen LogP contribution is 2.54. The first-order valence-corrected chi connectivity index (χ1v) is 9.89. The summed E-state index contributed by atoms with van der Waals surface area (Å²) in [5.74, 6) is 2.95. The topological polar surface area (TPSA) is 46.2 Å². The third-order valence-electron chi connectivity index (χ3n) is 5.12. The number of rotatable bonds is 6. The second-order valence-electron chi connectivity index (χ2n) is 6.55. The van der Waals surface area contributed by atoms with Gasteiger partial charge in [-0.25, -0.2) is 8.42 Å². The van der Waals surface area contributed by atoms with Gasteiger partial charge in [0.15, 0.2) is 9.84 Å². The van der Waals surface area contributed by atoms with Crippen LogP contribution >= 0.6 is 0 Å². The van der Waals surface area contributed by atoms with Crippen molar-refractivity contribution >= 4 is 9.84 Å². The summed E-state index contributed by atoms with van der Waals surface area (Å²) < 4.78 is 23.6. The maximum absolute atomic E-state index is 11.8. The Morgan fingerprint density at radius 1 is 1.29 bits per heavy atom. The largest absolute Gasteiger partial charge is 0.317 e. The standard InChI is InChI=1S/C17H25NO2S/c1-2-18-11-17(14-8-9-21(19,20)12-14)16-10-15(16)13-6-4-3-5-7-13/h3-7,14-18H,2,8-12H2,1H3. The van der Waals surface area contributed by atoms with Crippen molar-refractivity contribution in [3.05, 3.63) is 35.9 Å². The normalized spacial score (nSPS) is 32.0. The average Bonchev–Trinajstić information content (AvgIpc) is 3.18. The van der Waals surface area contributed by atoms with Crippen molar-refractivity contribution in [2.24, 2.45) is 17.8 Å². The van der Waals surface area contributed by atoms with Gasteiger partial charge in [0.1, 0.15) is 0 Å². The first-order valence-electron chi connectivity index (χ1n) is 8.07. The molecule has 2 aliphatic rings. The molecule has 116 valence electrons. The molecule has 1 N–H and O–H groups in total. The van der Waals surface area contributed by atoms with Crippen LogP contribution in [-0.4, -0.2) is 33.0 Å². The quantitative estimate of drug-likeness (QED) is 0.878. The van der Waals surface area contributed by atoms with Crippen LogP contribution in [0.1, 0.15) is 31.2 Å². The van der Waals surface area contributed by atoms with Gasteiger partial charge in [-0.05, 0) is 55.2 Å². The fourth-order valence-corrected chi connectivity index (χ4v) is 5.81. The summed E-state index contributed by atoms with van der Waals surface area (Å²) in [6.07, 6.45) is 2.08. The van der Waals surface area contributed by atoms with Gasteiger partial charge in [-0.2, -0.15) is 0 Å². The number of hydrogen-bond donors (Lipinski definition) is 1. The lowest BCUT2D eigenvalue weighted by atomic mass is 9.86. The van der Waals surface area contributed by atoms with Crippen LogP contribution in [-0.2, 0) is 9.84 Å². The molecule has 1 heterocycles. The van der Waals surface area contributed by atoms with E-state index in [1.807, 2.05) is 0 Å². The molecule has 0 spiro atoms. The fourth-order valence-electron chi connectivity index (χ4n) is 3.91. The van der Waals surface area contributed by atoms with Crippen LogP contribution in [0.2, 0.25) is 0 Å². The smallest absolute Gasteiger partial charge is 0.150 e. The lowest BCUT2D eigenvalue weighted by Crippen LogP contribution is -2.30. The van der Waals surface area contributed by atoms with Crippen molar-refractivity contribution in [2.75, 3.05) is 24.6 Å². The van der Waals surface area contributed by atoms with Crippen LogP contribution in [0.25, 0.3) is 0 Å². The van der Waals surface area contributed by atoms with Gasteiger partial charge in [0, 0.05) is 0 Å². The van der Waals surface area contributed by atoms with Gasteiger partial charge < -0.3 is 5.32 Å². The molecule has 1 aromatic rings. The molecule has 4 atom stereocenters. The van der Waals surface area contributed by atoms with Gasteiger partial charge in [-0.1, -0.05) is 37.3 Å². The van der Waals surface area contributed by atoms with E-state index in [9.17, 15) is 8.42 Å². The van der Waals surface area contributed by atoms with E-state index >= 15 is 0 Å². The molecular weight excluding hydrogens is 282 g/mol. The molecule has 0 amide bonds. The number of nitrogens with one attached hydrogen (secondary N) is 1. The first-order chi connectivity index (χ1) is 10.1. The van der Waals surface area contributed by atoms with Crippen LogP contribution in [0.3, 0.4) is 0 Å². The third kappa shape index (κ3) is 3.49. The Morgan fingerprint density at radius 2 is 2.05 bits per heavy atom. The summed E-state index contributed by atoms with van der Waals surface area (Å²) in [6, 6.07) is 10.7. The zero-order chi connectivity index (χ0) is 14.9. The van der Waals surface area contributed by atoms with E-state index in [1.54, 1.807) is 0 Å². The zero-order valence-electron chi connectivity index (χ0n) is 12.7. The van der Waals surface area contributed by atoms with Gasteiger partial charge >= 0.3 is 0 Å². The van der Waals surface area contributed by atoms with Crippen molar-refractivity contribution in [1.29, 1.82) is 0 Å². The van der Waals surface area contributed by atoms with Gasteiger partial charge in [0.05, 0.1) is 11.5 Å². The molecule has 0 aromatic heterocycles. The Hall–Kier alpha value is -0.870. The van der Waals surface area contributed by atoms with Crippen molar-refractivity contribution in [1.82, 2.24) is 5.32 Å². The number of benzene rings is 1. The Morgan fingerprint density at radius 3 is 2.67 bits per heavy atom. The molecule has 1 aromatic carbocycles. The van der Waals surface area contributed by atoms with Crippen molar-refractivity contribution in [2.45, 2.75) is 25.7 Å². The molecule has 0 bridgehead atoms. The molecule has 1 aliphatic carbocycles. The van der Waals surface area contributed by atoms with E-state index in [-0.39, 0.29) is 0 Å². The summed E-state index contributed by atoms with van der Waals surface area (Å²) in [5.41, 5.74) is 1.42. The Bertz CT molecular complexity index is 570. The average molecular weight is 307 g/mol. The number of hydrogen-bond acceptors (Lipinski definition) is 3. The molecule has 4 heteroatoms. The predicted octanol–water partition coefficient (Wildman–Crippen LogP) is 2.45. The molecule has 1 saturated carbocycles. The van der Waals surface area contributed by atoms with E-state index in [1.165, 1.54) is 12.0 Å². The lowest BCUT2D eigenvalue weighted by Gasteiger charge is -2.23. The summed E-state index contributed by atoms with van der Waals surface area (Å²) in [6.45, 7) is 4.04. The monoisotopic (exact) mass is 307 g/mol. The summed E-state index contributed by atoms with van der Waals surface area (Å²) in [4.78, 5) is 0. The van der Waals surface area contributed by atoms with E-state index < -0.39 is 9.84 Å². The van der Waals surface area contributed by atoms with E-state index in [0.717, 1.165) is 19.5 Å². The van der Waals surface area contributed by atoms with Crippen LogP contribution < -0.4 is 5.32 Å². The third-order valence-corrected chi connectivity index (χ3v) is 6.91. The zero-order valence-corrected chi connectivity index (χ0v) is 13.5. The Balaban J connectivity index is 1.70. The second-order valence-corrected chi connectivity index (χ2v) is 8.78. The van der Waals surface area contributed by atoms with Crippen LogP contribution in [0.4, 0.5) is 0 Å². The molecule has 1 aliphatic heterocycles. The molecule has 2 fully saturated rings. The van der Waals surface area contributed by atoms with Gasteiger partial charge in [0.2, 0.25) is 0 Å². The summed E-state index contributed by atoms with van der Waals surface area (Å²) >= 11 is 0. The van der Waals surface area contributed by atoms with E-state index in [0.29, 0.717) is 35.2 Å². The highest BCUT2D eigenvalue weighted by molar-refractivity contribution is 7.91. The maximum Gasteiger partial charge on any atom is 0.150 e. The first kappa shape index (κ1) is 15.0. The predicted molar refractivity (Wildman–Crippen MR) is 86.1 cm³/mol. The van der Waals surface area contributed by atoms with Crippen LogP contribution in [0.5, 0.6) is 0 Å². The van der Waals surface area contributed by atoms with Gasteiger partial charge in [0.25, 0.3) is 0 Å². The highest BCUT2D eigenvalue weighted by Gasteiger charge is 2.48. The Labute approximate surface area is 128 Å². The molecule has 0 radical (unpaired) electrons. The van der Waals surface area contributed by atoms with E-state index in [2.05, 4.69) is 42.6 Å². The lowest BCUT2D eigenvalue weighted by molar-refractivity contribution is 0.305. The molecule has 3 nitrogen and oxygen atoms in total. The summed E-state index contributed by atoms with van der Waals surface area (Å²) in [7, 11) is -2.78. The Kier molecular flexibility index (Phi) is 4.36. The highest BCUT2D eigenvalue weighted by atomic mass is 32.2.